The van der Waals surface area contributed by atoms with Gasteiger partial charge in [0, 0.05) is 4.88 Å². The maximum Gasteiger partial charge on any atom is 0.260 e. The van der Waals surface area contributed by atoms with E-state index in [0.717, 1.165) is 10.4 Å². The number of nitrogens with one attached hydrogen (secondary N) is 1. The van der Waals surface area contributed by atoms with E-state index in [1.807, 2.05) is 27.7 Å². The summed E-state index contributed by atoms with van der Waals surface area (Å²) in [4.78, 5) is 20.0. The molecule has 92 valence electrons. The van der Waals surface area contributed by atoms with E-state index in [0.29, 0.717) is 10.2 Å². The molecule has 2 N–H and O–H groups in total. The van der Waals surface area contributed by atoms with Crippen molar-refractivity contribution in [2.75, 3.05) is 0 Å². The van der Waals surface area contributed by atoms with Gasteiger partial charge in [0.25, 0.3) is 5.56 Å². The van der Waals surface area contributed by atoms with Crippen LogP contribution in [-0.4, -0.2) is 15.1 Å². The van der Waals surface area contributed by atoms with Crippen molar-refractivity contribution in [3.05, 3.63) is 33.2 Å². The highest BCUT2D eigenvalue weighted by Crippen LogP contribution is 2.26. The van der Waals surface area contributed by atoms with E-state index in [-0.39, 0.29) is 17.1 Å². The van der Waals surface area contributed by atoms with Gasteiger partial charge in [0.2, 0.25) is 0 Å². The Morgan fingerprint density at radius 1 is 1.41 bits per heavy atom. The van der Waals surface area contributed by atoms with Gasteiger partial charge in [-0.1, -0.05) is 20.4 Å². The highest BCUT2D eigenvalue weighted by molar-refractivity contribution is 7.18. The lowest BCUT2D eigenvalue weighted by Crippen LogP contribution is -2.10. The van der Waals surface area contributed by atoms with Crippen LogP contribution in [0.4, 0.5) is 0 Å². The third-order valence-electron chi connectivity index (χ3n) is 2.31. The molecule has 0 saturated carbocycles. The fraction of sp³-hybridized carbons (Fsp3) is 0.333. The van der Waals surface area contributed by atoms with Crippen LogP contribution in [0.25, 0.3) is 16.0 Å². The Labute approximate surface area is 104 Å². The van der Waals surface area contributed by atoms with Crippen molar-refractivity contribution in [3.63, 3.8) is 0 Å². The molecule has 0 saturated heterocycles. The standard InChI is InChI=1S/C10H10N2O2S.C2H6/c1-4-6(3)15-10-7(4)9(14)11-8(12-10)5(2)13;1-2/h13H,2H2,1,3H3,(H,11,12,14);1-2H3. The van der Waals surface area contributed by atoms with Gasteiger partial charge in [0.05, 0.1) is 5.39 Å². The fourth-order valence-electron chi connectivity index (χ4n) is 1.39. The number of aromatic amines is 1. The first-order chi connectivity index (χ1) is 8.00. The topological polar surface area (TPSA) is 66.0 Å². The summed E-state index contributed by atoms with van der Waals surface area (Å²) >= 11 is 1.44. The van der Waals surface area contributed by atoms with Crippen molar-refractivity contribution in [2.45, 2.75) is 27.7 Å². The van der Waals surface area contributed by atoms with Gasteiger partial charge >= 0.3 is 0 Å². The number of H-pyrrole nitrogens is 1. The lowest BCUT2D eigenvalue weighted by atomic mass is 10.2. The zero-order chi connectivity index (χ0) is 13.2. The largest absolute Gasteiger partial charge is 0.505 e. The fourth-order valence-corrected chi connectivity index (χ4v) is 2.42. The summed E-state index contributed by atoms with van der Waals surface area (Å²) in [5.74, 6) is -0.0912. The molecular formula is C12H16N2O2S. The third kappa shape index (κ3) is 2.39. The van der Waals surface area contributed by atoms with Crippen LogP contribution in [0.2, 0.25) is 0 Å². The molecule has 2 aromatic heterocycles. The van der Waals surface area contributed by atoms with Crippen molar-refractivity contribution in [1.29, 1.82) is 0 Å². The van der Waals surface area contributed by atoms with E-state index in [4.69, 9.17) is 5.11 Å². The zero-order valence-corrected chi connectivity index (χ0v) is 11.2. The Morgan fingerprint density at radius 2 is 2.00 bits per heavy atom. The minimum Gasteiger partial charge on any atom is -0.505 e. The molecule has 0 aromatic carbocycles. The predicted molar refractivity (Wildman–Crippen MR) is 72.7 cm³/mol. The highest BCUT2D eigenvalue weighted by Gasteiger charge is 2.12. The van der Waals surface area contributed by atoms with E-state index < -0.39 is 0 Å². The van der Waals surface area contributed by atoms with Gasteiger partial charge in [0.1, 0.15) is 4.83 Å². The van der Waals surface area contributed by atoms with Gasteiger partial charge in [-0.2, -0.15) is 0 Å². The predicted octanol–water partition coefficient (Wildman–Crippen LogP) is 3.16. The van der Waals surface area contributed by atoms with Crippen LogP contribution in [0.15, 0.2) is 11.4 Å². The second kappa shape index (κ2) is 5.14. The molecule has 5 heteroatoms. The van der Waals surface area contributed by atoms with Crippen LogP contribution >= 0.6 is 11.3 Å². The second-order valence-corrected chi connectivity index (χ2v) is 4.53. The van der Waals surface area contributed by atoms with Gasteiger partial charge < -0.3 is 10.1 Å². The highest BCUT2D eigenvalue weighted by atomic mass is 32.1. The first kappa shape index (κ1) is 13.4. The summed E-state index contributed by atoms with van der Waals surface area (Å²) in [6.07, 6.45) is 0. The maximum absolute atomic E-state index is 11.7. The number of aryl methyl sites for hydroxylation is 2. The molecule has 0 radical (unpaired) electrons. The summed E-state index contributed by atoms with van der Waals surface area (Å²) in [5.41, 5.74) is 0.714. The Hall–Kier alpha value is -1.62. The molecule has 0 bridgehead atoms. The lowest BCUT2D eigenvalue weighted by molar-refractivity contribution is 0.507. The average Bonchev–Trinajstić information content (AvgIpc) is 2.57. The van der Waals surface area contributed by atoms with Crippen LogP contribution in [-0.2, 0) is 0 Å². The molecule has 2 rings (SSSR count). The molecule has 0 aliphatic carbocycles. The molecule has 0 atom stereocenters. The van der Waals surface area contributed by atoms with Crippen LogP contribution in [0.1, 0.15) is 30.1 Å². The Morgan fingerprint density at radius 3 is 2.53 bits per heavy atom. The molecule has 2 aromatic rings. The number of rotatable bonds is 1. The molecule has 17 heavy (non-hydrogen) atoms. The minimum absolute atomic E-state index is 0.133. The summed E-state index contributed by atoms with van der Waals surface area (Å²) in [5, 5.41) is 9.76. The molecule has 2 heterocycles. The van der Waals surface area contributed by atoms with E-state index in [1.165, 1.54) is 11.3 Å². The monoisotopic (exact) mass is 252 g/mol. The molecule has 0 aliphatic heterocycles. The third-order valence-corrected chi connectivity index (χ3v) is 3.41. The van der Waals surface area contributed by atoms with Gasteiger partial charge in [-0.25, -0.2) is 4.98 Å². The maximum atomic E-state index is 11.7. The van der Waals surface area contributed by atoms with Gasteiger partial charge in [-0.3, -0.25) is 4.79 Å². The first-order valence-electron chi connectivity index (χ1n) is 5.39. The van der Waals surface area contributed by atoms with Crippen molar-refractivity contribution in [2.24, 2.45) is 0 Å². The number of fused-ring (bicyclic) bond motifs is 1. The van der Waals surface area contributed by atoms with Crippen molar-refractivity contribution in [3.8, 4) is 0 Å². The number of aliphatic hydroxyl groups is 1. The molecule has 0 aliphatic rings. The molecule has 0 amide bonds. The van der Waals surface area contributed by atoms with Gasteiger partial charge in [-0.05, 0) is 19.4 Å². The number of hydrogen-bond acceptors (Lipinski definition) is 4. The van der Waals surface area contributed by atoms with Crippen LogP contribution in [0, 0.1) is 13.8 Å². The normalized spacial score (nSPS) is 9.88. The number of nitrogens with zero attached hydrogens (tertiary/aromatic N) is 1. The molecular weight excluding hydrogens is 236 g/mol. The molecule has 0 spiro atoms. The molecule has 4 nitrogen and oxygen atoms in total. The minimum atomic E-state index is -0.230. The zero-order valence-electron chi connectivity index (χ0n) is 10.4. The van der Waals surface area contributed by atoms with Crippen molar-refractivity contribution < 1.29 is 5.11 Å². The van der Waals surface area contributed by atoms with Crippen LogP contribution in [0.3, 0.4) is 0 Å². The van der Waals surface area contributed by atoms with Gasteiger partial charge in [0.15, 0.2) is 11.6 Å². The van der Waals surface area contributed by atoms with Crippen molar-refractivity contribution in [1.82, 2.24) is 9.97 Å². The number of aliphatic hydroxyl groups excluding tert-OH is 1. The molecule has 0 fully saturated rings. The second-order valence-electron chi connectivity index (χ2n) is 3.32. The quantitative estimate of drug-likeness (QED) is 0.766. The summed E-state index contributed by atoms with van der Waals surface area (Å²) in [6.45, 7) is 11.2. The lowest BCUT2D eigenvalue weighted by Gasteiger charge is -1.97. The SMILES string of the molecule is C=C(O)c1nc2sc(C)c(C)c2c(=O)[nH]1.CC. The van der Waals surface area contributed by atoms with E-state index in [2.05, 4.69) is 16.5 Å². The van der Waals surface area contributed by atoms with Gasteiger partial charge in [-0.15, -0.1) is 11.3 Å². The first-order valence-corrected chi connectivity index (χ1v) is 6.20. The summed E-state index contributed by atoms with van der Waals surface area (Å²) in [6, 6.07) is 0. The number of hydrogen-bond donors (Lipinski definition) is 2. The number of aromatic nitrogens is 2. The van der Waals surface area contributed by atoms with E-state index in [1.54, 1.807) is 0 Å². The van der Waals surface area contributed by atoms with Crippen molar-refractivity contribution >= 4 is 27.3 Å². The Kier molecular flexibility index (Phi) is 4.07. The van der Waals surface area contributed by atoms with E-state index in [9.17, 15) is 4.79 Å². The summed E-state index contributed by atoms with van der Waals surface area (Å²) < 4.78 is 0. The summed E-state index contributed by atoms with van der Waals surface area (Å²) in [7, 11) is 0. The Balaban J connectivity index is 0.000000686. The van der Waals surface area contributed by atoms with Crippen LogP contribution in [0.5, 0.6) is 0 Å². The molecule has 0 unspecified atom stereocenters. The number of thiophene rings is 1. The van der Waals surface area contributed by atoms with E-state index >= 15 is 0 Å². The smallest absolute Gasteiger partial charge is 0.260 e. The average molecular weight is 252 g/mol. The Bertz CT molecular complexity index is 611. The van der Waals surface area contributed by atoms with Crippen LogP contribution < -0.4 is 5.56 Å².